The molecule has 2 aromatic rings. The lowest BCUT2D eigenvalue weighted by Gasteiger charge is -2.11. The lowest BCUT2D eigenvalue weighted by atomic mass is 10.0. The van der Waals surface area contributed by atoms with Gasteiger partial charge in [0.2, 0.25) is 0 Å². The first-order chi connectivity index (χ1) is 7.93. The van der Waals surface area contributed by atoms with Crippen molar-refractivity contribution in [3.8, 4) is 0 Å². The number of nitrogens with zero attached hydrogens (tertiary/aromatic N) is 1. The molecule has 2 nitrogen and oxygen atoms in total. The molecule has 0 aliphatic heterocycles. The van der Waals surface area contributed by atoms with E-state index in [0.717, 1.165) is 6.07 Å². The summed E-state index contributed by atoms with van der Waals surface area (Å²) < 4.78 is 38.3. The van der Waals surface area contributed by atoms with Gasteiger partial charge >= 0.3 is 6.18 Å². The molecule has 0 unspecified atom stereocenters. The van der Waals surface area contributed by atoms with Gasteiger partial charge in [-0.1, -0.05) is 12.1 Å². The van der Waals surface area contributed by atoms with E-state index < -0.39 is 11.7 Å². The highest BCUT2D eigenvalue weighted by Crippen LogP contribution is 2.34. The van der Waals surface area contributed by atoms with E-state index in [1.165, 1.54) is 12.1 Å². The summed E-state index contributed by atoms with van der Waals surface area (Å²) in [6.45, 7) is 1.65. The molecule has 1 aromatic heterocycles. The van der Waals surface area contributed by atoms with Crippen molar-refractivity contribution in [2.75, 3.05) is 0 Å². The number of rotatable bonds is 1. The van der Waals surface area contributed by atoms with Crippen LogP contribution in [0.15, 0.2) is 24.3 Å². The van der Waals surface area contributed by atoms with Gasteiger partial charge in [-0.3, -0.25) is 4.79 Å². The van der Waals surface area contributed by atoms with Gasteiger partial charge in [0.15, 0.2) is 6.29 Å². The van der Waals surface area contributed by atoms with Crippen molar-refractivity contribution in [2.24, 2.45) is 0 Å². The third kappa shape index (κ3) is 2.00. The predicted molar refractivity (Wildman–Crippen MR) is 56.9 cm³/mol. The highest BCUT2D eigenvalue weighted by atomic mass is 19.4. The number of aromatic nitrogens is 1. The van der Waals surface area contributed by atoms with Crippen LogP contribution in [0.5, 0.6) is 0 Å². The number of hydrogen-bond acceptors (Lipinski definition) is 2. The van der Waals surface area contributed by atoms with Gasteiger partial charge in [0, 0.05) is 5.39 Å². The van der Waals surface area contributed by atoms with E-state index in [0.29, 0.717) is 17.2 Å². The Labute approximate surface area is 95.1 Å². The molecular formula is C12H8F3NO. The number of para-hydroxylation sites is 1. The van der Waals surface area contributed by atoms with Crippen LogP contribution in [-0.4, -0.2) is 11.3 Å². The number of halogens is 3. The van der Waals surface area contributed by atoms with E-state index in [1.54, 1.807) is 13.0 Å². The Hall–Kier alpha value is -1.91. The highest BCUT2D eigenvalue weighted by molar-refractivity contribution is 5.88. The van der Waals surface area contributed by atoms with Crippen LogP contribution >= 0.6 is 0 Å². The smallest absolute Gasteiger partial charge is 0.296 e. The molecule has 0 atom stereocenters. The lowest BCUT2D eigenvalue weighted by molar-refractivity contribution is -0.136. The molecule has 0 aliphatic rings. The molecule has 0 bridgehead atoms. The standard InChI is InChI=1S/C12H8F3NO/c1-7-5-8(6-17)16-11-9(7)3-2-4-10(11)12(13,14)15/h2-6H,1H3. The molecular weight excluding hydrogens is 231 g/mol. The number of pyridine rings is 1. The van der Waals surface area contributed by atoms with E-state index in [2.05, 4.69) is 4.98 Å². The second-order valence-corrected chi connectivity index (χ2v) is 3.68. The van der Waals surface area contributed by atoms with Crippen LogP contribution in [0.3, 0.4) is 0 Å². The van der Waals surface area contributed by atoms with E-state index in [9.17, 15) is 18.0 Å². The third-order valence-corrected chi connectivity index (χ3v) is 2.49. The molecule has 0 fully saturated rings. The molecule has 0 saturated carbocycles. The van der Waals surface area contributed by atoms with Gasteiger partial charge in [0.25, 0.3) is 0 Å². The molecule has 0 N–H and O–H groups in total. The van der Waals surface area contributed by atoms with Gasteiger partial charge in [-0.05, 0) is 24.6 Å². The van der Waals surface area contributed by atoms with Crippen LogP contribution in [0.4, 0.5) is 13.2 Å². The van der Waals surface area contributed by atoms with Crippen LogP contribution < -0.4 is 0 Å². The molecule has 0 saturated heterocycles. The van der Waals surface area contributed by atoms with Crippen LogP contribution in [0.2, 0.25) is 0 Å². The average Bonchev–Trinajstić information content (AvgIpc) is 2.26. The third-order valence-electron chi connectivity index (χ3n) is 2.49. The normalized spacial score (nSPS) is 11.8. The zero-order valence-electron chi connectivity index (χ0n) is 8.88. The van der Waals surface area contributed by atoms with Crippen LogP contribution in [0, 0.1) is 6.92 Å². The zero-order chi connectivity index (χ0) is 12.6. The first-order valence-electron chi connectivity index (χ1n) is 4.86. The number of alkyl halides is 3. The minimum Gasteiger partial charge on any atom is -0.296 e. The molecule has 88 valence electrons. The van der Waals surface area contributed by atoms with Crippen molar-refractivity contribution in [3.05, 3.63) is 41.1 Å². The zero-order valence-corrected chi connectivity index (χ0v) is 8.88. The Morgan fingerprint density at radius 1 is 1.29 bits per heavy atom. The number of carbonyl (C=O) groups excluding carboxylic acids is 1. The molecule has 17 heavy (non-hydrogen) atoms. The van der Waals surface area contributed by atoms with Gasteiger partial charge in [0.05, 0.1) is 11.1 Å². The summed E-state index contributed by atoms with van der Waals surface area (Å²) in [5.41, 5.74) is -0.390. The maximum Gasteiger partial charge on any atom is 0.418 e. The van der Waals surface area contributed by atoms with Crippen molar-refractivity contribution in [1.82, 2.24) is 4.98 Å². The minimum atomic E-state index is -4.47. The number of fused-ring (bicyclic) bond motifs is 1. The number of aldehydes is 1. The summed E-state index contributed by atoms with van der Waals surface area (Å²) in [6, 6.07) is 5.32. The second-order valence-electron chi connectivity index (χ2n) is 3.68. The van der Waals surface area contributed by atoms with Gasteiger partial charge in [0.1, 0.15) is 5.69 Å². The second kappa shape index (κ2) is 3.84. The van der Waals surface area contributed by atoms with Crippen LogP contribution in [0.25, 0.3) is 10.9 Å². The Morgan fingerprint density at radius 2 is 2.00 bits per heavy atom. The Balaban J connectivity index is 2.87. The molecule has 0 amide bonds. The summed E-state index contributed by atoms with van der Waals surface area (Å²) in [4.78, 5) is 14.4. The number of hydrogen-bond donors (Lipinski definition) is 0. The van der Waals surface area contributed by atoms with Gasteiger partial charge in [-0.25, -0.2) is 4.98 Å². The van der Waals surface area contributed by atoms with Gasteiger partial charge in [-0.2, -0.15) is 13.2 Å². The van der Waals surface area contributed by atoms with Gasteiger partial charge < -0.3 is 0 Å². The number of carbonyl (C=O) groups is 1. The van der Waals surface area contributed by atoms with E-state index >= 15 is 0 Å². The van der Waals surface area contributed by atoms with Crippen molar-refractivity contribution in [3.63, 3.8) is 0 Å². The largest absolute Gasteiger partial charge is 0.418 e. The molecule has 5 heteroatoms. The summed E-state index contributed by atoms with van der Waals surface area (Å²) >= 11 is 0. The fraction of sp³-hybridized carbons (Fsp3) is 0.167. The molecule has 2 rings (SSSR count). The maximum atomic E-state index is 12.8. The van der Waals surface area contributed by atoms with Crippen molar-refractivity contribution in [1.29, 1.82) is 0 Å². The average molecular weight is 239 g/mol. The monoisotopic (exact) mass is 239 g/mol. The first kappa shape index (κ1) is 11.6. The molecule has 0 spiro atoms. The first-order valence-corrected chi connectivity index (χ1v) is 4.86. The maximum absolute atomic E-state index is 12.8. The minimum absolute atomic E-state index is 0.00620. The Morgan fingerprint density at radius 3 is 2.59 bits per heavy atom. The Kier molecular flexibility index (Phi) is 2.61. The predicted octanol–water partition coefficient (Wildman–Crippen LogP) is 3.37. The lowest BCUT2D eigenvalue weighted by Crippen LogP contribution is -2.07. The van der Waals surface area contributed by atoms with Crippen molar-refractivity contribution < 1.29 is 18.0 Å². The number of aryl methyl sites for hydroxylation is 1. The fourth-order valence-electron chi connectivity index (χ4n) is 1.73. The summed E-state index contributed by atoms with van der Waals surface area (Å²) in [5, 5.41) is 0.408. The summed E-state index contributed by atoms with van der Waals surface area (Å²) in [7, 11) is 0. The quantitative estimate of drug-likeness (QED) is 0.714. The Bertz CT molecular complexity index is 590. The SMILES string of the molecule is Cc1cc(C=O)nc2c(C(F)(F)F)cccc12. The fourth-order valence-corrected chi connectivity index (χ4v) is 1.73. The highest BCUT2D eigenvalue weighted by Gasteiger charge is 2.33. The van der Waals surface area contributed by atoms with Crippen LogP contribution in [-0.2, 0) is 6.18 Å². The van der Waals surface area contributed by atoms with Crippen molar-refractivity contribution >= 4 is 17.2 Å². The molecule has 0 radical (unpaired) electrons. The summed E-state index contributed by atoms with van der Waals surface area (Å²) in [6.07, 6.45) is -4.03. The van der Waals surface area contributed by atoms with Crippen LogP contribution in [0.1, 0.15) is 21.6 Å². The molecule has 1 aromatic carbocycles. The van der Waals surface area contributed by atoms with E-state index in [-0.39, 0.29) is 11.2 Å². The topological polar surface area (TPSA) is 30.0 Å². The van der Waals surface area contributed by atoms with Gasteiger partial charge in [-0.15, -0.1) is 0 Å². The number of benzene rings is 1. The summed E-state index contributed by atoms with van der Waals surface area (Å²) in [5.74, 6) is 0. The van der Waals surface area contributed by atoms with E-state index in [4.69, 9.17) is 0 Å². The van der Waals surface area contributed by atoms with Crippen molar-refractivity contribution in [2.45, 2.75) is 13.1 Å². The molecule has 1 heterocycles. The molecule has 0 aliphatic carbocycles. The van der Waals surface area contributed by atoms with E-state index in [1.807, 2.05) is 0 Å².